The molecule has 0 aromatic heterocycles. The van der Waals surface area contributed by atoms with Crippen LogP contribution in [0.5, 0.6) is 17.2 Å². The van der Waals surface area contributed by atoms with Gasteiger partial charge in [-0.1, -0.05) is 32.0 Å². The van der Waals surface area contributed by atoms with E-state index in [2.05, 4.69) is 0 Å². The second-order valence-electron chi connectivity index (χ2n) is 8.74. The summed E-state index contributed by atoms with van der Waals surface area (Å²) in [6.45, 7) is 4.13. The van der Waals surface area contributed by atoms with Gasteiger partial charge in [0.2, 0.25) is 5.75 Å². The highest BCUT2D eigenvalue weighted by molar-refractivity contribution is 6.02. The maximum absolute atomic E-state index is 12.3. The molecule has 31 heavy (non-hydrogen) atoms. The highest BCUT2D eigenvalue weighted by atomic mass is 16.5. The van der Waals surface area contributed by atoms with Crippen LogP contribution in [-0.2, 0) is 11.2 Å². The van der Waals surface area contributed by atoms with E-state index in [1.807, 2.05) is 38.1 Å². The number of benzene rings is 2. The van der Waals surface area contributed by atoms with E-state index in [0.29, 0.717) is 36.5 Å². The van der Waals surface area contributed by atoms with Crippen molar-refractivity contribution < 1.29 is 28.9 Å². The molecule has 1 N–H and O–H groups in total. The van der Waals surface area contributed by atoms with Gasteiger partial charge in [0.05, 0.1) is 14.2 Å². The predicted octanol–water partition coefficient (Wildman–Crippen LogP) is 4.63. The fourth-order valence-electron chi connectivity index (χ4n) is 4.88. The zero-order valence-corrected chi connectivity index (χ0v) is 18.4. The number of Topliss-reactive ketones (excluding diaryl/α,β-unsaturated/α-hetero) is 1. The third kappa shape index (κ3) is 3.44. The molecule has 2 aromatic rings. The molecule has 2 aliphatic rings. The van der Waals surface area contributed by atoms with Gasteiger partial charge < -0.3 is 19.3 Å². The van der Waals surface area contributed by atoms with Crippen LogP contribution in [0.15, 0.2) is 30.3 Å². The van der Waals surface area contributed by atoms with Crippen molar-refractivity contribution in [2.24, 2.45) is 17.3 Å². The summed E-state index contributed by atoms with van der Waals surface area (Å²) in [5.41, 5.74) is 2.51. The van der Waals surface area contributed by atoms with Gasteiger partial charge in [0.25, 0.3) is 0 Å². The van der Waals surface area contributed by atoms with Crippen molar-refractivity contribution in [1.29, 1.82) is 0 Å². The molecule has 2 aromatic carbocycles. The van der Waals surface area contributed by atoms with E-state index in [1.165, 1.54) is 7.11 Å². The number of hydrogen-bond acceptors (Lipinski definition) is 5. The lowest BCUT2D eigenvalue weighted by molar-refractivity contribution is -0.145. The SMILES string of the molecule is COc1ccc(-c2cccc3c2CCC3=O)c(OCC2(C(=O)O)CC2C(C)C)c1OC. The highest BCUT2D eigenvalue weighted by Crippen LogP contribution is 2.57. The normalized spacial score (nSPS) is 21.7. The van der Waals surface area contributed by atoms with Crippen LogP contribution in [-0.4, -0.2) is 37.7 Å². The van der Waals surface area contributed by atoms with Gasteiger partial charge in [-0.15, -0.1) is 0 Å². The van der Waals surface area contributed by atoms with Crippen LogP contribution < -0.4 is 14.2 Å². The fourth-order valence-corrected chi connectivity index (χ4v) is 4.88. The first-order chi connectivity index (χ1) is 14.8. The predicted molar refractivity (Wildman–Crippen MR) is 116 cm³/mol. The maximum Gasteiger partial charge on any atom is 0.313 e. The molecule has 0 spiro atoms. The molecular formula is C25H28O6. The number of carboxylic acids is 1. The standard InChI is InChI=1S/C25H28O6/c1-14(2)19-12-25(19,24(27)28)13-31-22-18(9-11-21(29-3)23(22)30-4)15-6-5-7-17-16(15)8-10-20(17)26/h5-7,9,11,14,19H,8,10,12-13H2,1-4H3,(H,27,28). The summed E-state index contributed by atoms with van der Waals surface area (Å²) in [6, 6.07) is 9.37. The molecule has 6 nitrogen and oxygen atoms in total. The van der Waals surface area contributed by atoms with Crippen LogP contribution in [0.3, 0.4) is 0 Å². The zero-order valence-electron chi connectivity index (χ0n) is 18.4. The van der Waals surface area contributed by atoms with Gasteiger partial charge in [-0.05, 0) is 47.9 Å². The molecule has 0 amide bonds. The number of carbonyl (C=O) groups excluding carboxylic acids is 1. The van der Waals surface area contributed by atoms with Crippen molar-refractivity contribution in [1.82, 2.24) is 0 Å². The third-order valence-corrected chi connectivity index (χ3v) is 6.71. The minimum atomic E-state index is -0.895. The number of carbonyl (C=O) groups is 2. The summed E-state index contributed by atoms with van der Waals surface area (Å²) < 4.78 is 17.3. The number of methoxy groups -OCH3 is 2. The van der Waals surface area contributed by atoms with Gasteiger partial charge in [0.15, 0.2) is 17.3 Å². The van der Waals surface area contributed by atoms with Crippen molar-refractivity contribution >= 4 is 11.8 Å². The Balaban J connectivity index is 1.79. The maximum atomic E-state index is 12.3. The second-order valence-corrected chi connectivity index (χ2v) is 8.74. The van der Waals surface area contributed by atoms with Crippen molar-refractivity contribution in [3.05, 3.63) is 41.5 Å². The Morgan fingerprint density at radius 1 is 1.06 bits per heavy atom. The molecule has 1 fully saturated rings. The number of carboxylic acid groups (broad SMARTS) is 1. The molecule has 0 radical (unpaired) electrons. The summed E-state index contributed by atoms with van der Waals surface area (Å²) >= 11 is 0. The number of ether oxygens (including phenoxy) is 3. The van der Waals surface area contributed by atoms with Crippen molar-refractivity contribution in [2.45, 2.75) is 33.1 Å². The van der Waals surface area contributed by atoms with Gasteiger partial charge in [-0.2, -0.15) is 0 Å². The molecule has 2 unspecified atom stereocenters. The first-order valence-corrected chi connectivity index (χ1v) is 10.6. The minimum Gasteiger partial charge on any atom is -0.493 e. The molecule has 1 saturated carbocycles. The van der Waals surface area contributed by atoms with E-state index in [-0.39, 0.29) is 24.2 Å². The van der Waals surface area contributed by atoms with E-state index in [1.54, 1.807) is 13.2 Å². The monoisotopic (exact) mass is 424 g/mol. The molecule has 2 aliphatic carbocycles. The van der Waals surface area contributed by atoms with Crippen molar-refractivity contribution in [3.63, 3.8) is 0 Å². The Hall–Kier alpha value is -3.02. The van der Waals surface area contributed by atoms with Gasteiger partial charge in [0.1, 0.15) is 12.0 Å². The average molecular weight is 424 g/mol. The van der Waals surface area contributed by atoms with Crippen LogP contribution >= 0.6 is 0 Å². The largest absolute Gasteiger partial charge is 0.493 e. The number of ketones is 1. The first kappa shape index (κ1) is 21.2. The molecule has 164 valence electrons. The summed E-state index contributed by atoms with van der Waals surface area (Å²) in [5, 5.41) is 9.90. The lowest BCUT2D eigenvalue weighted by Gasteiger charge is -2.21. The van der Waals surface area contributed by atoms with Crippen LogP contribution in [0.25, 0.3) is 11.1 Å². The Morgan fingerprint density at radius 2 is 1.81 bits per heavy atom. The zero-order chi connectivity index (χ0) is 22.3. The van der Waals surface area contributed by atoms with Crippen LogP contribution in [0.4, 0.5) is 0 Å². The topological polar surface area (TPSA) is 82.1 Å². The molecule has 0 bridgehead atoms. The van der Waals surface area contributed by atoms with E-state index in [0.717, 1.165) is 22.3 Å². The minimum absolute atomic E-state index is 0.0513. The van der Waals surface area contributed by atoms with E-state index < -0.39 is 11.4 Å². The number of fused-ring (bicyclic) bond motifs is 1. The van der Waals surface area contributed by atoms with Gasteiger partial charge in [-0.3, -0.25) is 9.59 Å². The lowest BCUT2D eigenvalue weighted by Crippen LogP contribution is -2.27. The second kappa shape index (κ2) is 7.91. The number of rotatable bonds is 8. The Bertz CT molecular complexity index is 1040. The number of hydrogen-bond donors (Lipinski definition) is 1. The molecule has 4 rings (SSSR count). The summed E-state index contributed by atoms with van der Waals surface area (Å²) in [4.78, 5) is 24.3. The Labute approximate surface area is 182 Å². The Kier molecular flexibility index (Phi) is 5.42. The quantitative estimate of drug-likeness (QED) is 0.666. The molecule has 0 aliphatic heterocycles. The smallest absolute Gasteiger partial charge is 0.313 e. The van der Waals surface area contributed by atoms with Gasteiger partial charge >= 0.3 is 5.97 Å². The van der Waals surface area contributed by atoms with Crippen LogP contribution in [0.1, 0.15) is 42.6 Å². The molecule has 6 heteroatoms. The molecule has 0 heterocycles. The van der Waals surface area contributed by atoms with Crippen molar-refractivity contribution in [2.75, 3.05) is 20.8 Å². The van der Waals surface area contributed by atoms with E-state index >= 15 is 0 Å². The van der Waals surface area contributed by atoms with E-state index in [4.69, 9.17) is 14.2 Å². The lowest BCUT2D eigenvalue weighted by atomic mass is 9.95. The van der Waals surface area contributed by atoms with Gasteiger partial charge in [-0.25, -0.2) is 0 Å². The first-order valence-electron chi connectivity index (χ1n) is 10.6. The Morgan fingerprint density at radius 3 is 2.42 bits per heavy atom. The summed E-state index contributed by atoms with van der Waals surface area (Å²) in [6.07, 6.45) is 1.76. The van der Waals surface area contributed by atoms with Crippen LogP contribution in [0, 0.1) is 17.3 Å². The van der Waals surface area contributed by atoms with E-state index in [9.17, 15) is 14.7 Å². The summed E-state index contributed by atoms with van der Waals surface area (Å²) in [7, 11) is 3.09. The van der Waals surface area contributed by atoms with Crippen molar-refractivity contribution in [3.8, 4) is 28.4 Å². The number of aliphatic carboxylic acids is 1. The molecule has 2 atom stereocenters. The van der Waals surface area contributed by atoms with Crippen LogP contribution in [0.2, 0.25) is 0 Å². The fraction of sp³-hybridized carbons (Fsp3) is 0.440. The highest BCUT2D eigenvalue weighted by Gasteiger charge is 2.62. The van der Waals surface area contributed by atoms with Gasteiger partial charge in [0, 0.05) is 17.5 Å². The molecule has 0 saturated heterocycles. The summed E-state index contributed by atoms with van der Waals surface area (Å²) in [5.74, 6) is 1.01. The third-order valence-electron chi connectivity index (χ3n) is 6.71. The average Bonchev–Trinajstić information content (AvgIpc) is 3.41. The molecular weight excluding hydrogens is 396 g/mol.